The summed E-state index contributed by atoms with van der Waals surface area (Å²) in [5.74, 6) is -0.0219. The van der Waals surface area contributed by atoms with Crippen LogP contribution in [0.2, 0.25) is 0 Å². The summed E-state index contributed by atoms with van der Waals surface area (Å²) < 4.78 is 30.9. The van der Waals surface area contributed by atoms with Crippen molar-refractivity contribution < 1.29 is 22.7 Å². The zero-order valence-corrected chi connectivity index (χ0v) is 10.4. The Morgan fingerprint density at radius 1 is 1.53 bits per heavy atom. The van der Waals surface area contributed by atoms with E-state index in [9.17, 15) is 13.2 Å². The number of thioether (sulfide) groups is 1. The molecule has 0 amide bonds. The van der Waals surface area contributed by atoms with E-state index in [1.54, 1.807) is 11.8 Å². The van der Waals surface area contributed by atoms with Gasteiger partial charge < -0.3 is 9.52 Å². The minimum Gasteiger partial charge on any atom is -0.475 e. The van der Waals surface area contributed by atoms with Gasteiger partial charge in [-0.25, -0.2) is 17.9 Å². The van der Waals surface area contributed by atoms with Crippen molar-refractivity contribution in [3.8, 4) is 0 Å². The third-order valence-electron chi connectivity index (χ3n) is 2.31. The number of hydrogen-bond acceptors (Lipinski definition) is 5. The summed E-state index contributed by atoms with van der Waals surface area (Å²) in [7, 11) is -3.75. The molecule has 8 heteroatoms. The number of rotatable bonds is 4. The highest BCUT2D eigenvalue weighted by molar-refractivity contribution is 7.99. The summed E-state index contributed by atoms with van der Waals surface area (Å²) in [5.41, 5.74) is 0. The number of aromatic carboxylic acids is 1. The van der Waals surface area contributed by atoms with Crippen LogP contribution in [0.1, 0.15) is 17.0 Å². The summed E-state index contributed by atoms with van der Waals surface area (Å²) >= 11 is 1.68. The second kappa shape index (κ2) is 4.71. The average Bonchev–Trinajstić information content (AvgIpc) is 2.84. The van der Waals surface area contributed by atoms with Crippen LogP contribution >= 0.6 is 11.8 Å². The standard InChI is InChI=1S/C9H11NO5S2/c11-9(12)7-1-2-8(15-7)17(13,14)10-6-3-4-16-5-6/h1-2,6,10H,3-5H2,(H,11,12). The summed E-state index contributed by atoms with van der Waals surface area (Å²) in [6, 6.07) is 2.16. The van der Waals surface area contributed by atoms with Crippen molar-refractivity contribution in [2.75, 3.05) is 11.5 Å². The molecule has 1 unspecified atom stereocenters. The summed E-state index contributed by atoms with van der Waals surface area (Å²) in [4.78, 5) is 10.6. The number of furan rings is 1. The highest BCUT2D eigenvalue weighted by Gasteiger charge is 2.26. The van der Waals surface area contributed by atoms with Gasteiger partial charge in [-0.1, -0.05) is 0 Å². The van der Waals surface area contributed by atoms with Crippen molar-refractivity contribution in [2.45, 2.75) is 17.6 Å². The van der Waals surface area contributed by atoms with Crippen molar-refractivity contribution in [2.24, 2.45) is 0 Å². The Labute approximate surface area is 102 Å². The number of carboxylic acid groups (broad SMARTS) is 1. The van der Waals surface area contributed by atoms with Crippen LogP contribution in [-0.2, 0) is 10.0 Å². The second-order valence-corrected chi connectivity index (χ2v) is 6.40. The molecule has 6 nitrogen and oxygen atoms in total. The minimum atomic E-state index is -3.75. The van der Waals surface area contributed by atoms with Gasteiger partial charge in [-0.15, -0.1) is 0 Å². The largest absolute Gasteiger partial charge is 0.475 e. The third-order valence-corrected chi connectivity index (χ3v) is 4.86. The van der Waals surface area contributed by atoms with E-state index in [0.29, 0.717) is 0 Å². The molecule has 0 radical (unpaired) electrons. The number of sulfonamides is 1. The van der Waals surface area contributed by atoms with Gasteiger partial charge in [-0.05, 0) is 24.3 Å². The Hall–Kier alpha value is -0.990. The average molecular weight is 277 g/mol. The van der Waals surface area contributed by atoms with Crippen LogP contribution in [0.25, 0.3) is 0 Å². The first-order chi connectivity index (χ1) is 7.99. The van der Waals surface area contributed by atoms with Gasteiger partial charge in [-0.3, -0.25) is 0 Å². The molecule has 1 atom stereocenters. The van der Waals surface area contributed by atoms with Crippen LogP contribution in [0.3, 0.4) is 0 Å². The molecule has 1 saturated heterocycles. The molecule has 1 aromatic rings. The van der Waals surface area contributed by atoms with Gasteiger partial charge in [0.05, 0.1) is 0 Å². The Morgan fingerprint density at radius 3 is 2.82 bits per heavy atom. The van der Waals surface area contributed by atoms with Gasteiger partial charge in [0.2, 0.25) is 10.9 Å². The van der Waals surface area contributed by atoms with E-state index in [4.69, 9.17) is 9.52 Å². The predicted octanol–water partition coefficient (Wildman–Crippen LogP) is 0.762. The van der Waals surface area contributed by atoms with E-state index in [2.05, 4.69) is 4.72 Å². The van der Waals surface area contributed by atoms with Crippen LogP contribution in [-0.4, -0.2) is 37.0 Å². The quantitative estimate of drug-likeness (QED) is 0.843. The van der Waals surface area contributed by atoms with Crippen LogP contribution in [0.4, 0.5) is 0 Å². The van der Waals surface area contributed by atoms with Crippen molar-refractivity contribution >= 4 is 27.8 Å². The first-order valence-electron chi connectivity index (χ1n) is 4.92. The Kier molecular flexibility index (Phi) is 3.45. The molecular weight excluding hydrogens is 266 g/mol. The Bertz CT molecular complexity index is 515. The third kappa shape index (κ3) is 2.82. The number of nitrogens with one attached hydrogen (secondary N) is 1. The lowest BCUT2D eigenvalue weighted by Gasteiger charge is -2.09. The SMILES string of the molecule is O=C(O)c1ccc(S(=O)(=O)NC2CCSC2)o1. The highest BCUT2D eigenvalue weighted by Crippen LogP contribution is 2.20. The normalized spacial score (nSPS) is 20.6. The molecule has 2 N–H and O–H groups in total. The molecule has 0 spiro atoms. The molecule has 1 aliphatic heterocycles. The van der Waals surface area contributed by atoms with E-state index in [-0.39, 0.29) is 16.9 Å². The van der Waals surface area contributed by atoms with E-state index < -0.39 is 16.0 Å². The van der Waals surface area contributed by atoms with Crippen LogP contribution in [0.15, 0.2) is 21.6 Å². The van der Waals surface area contributed by atoms with Crippen molar-refractivity contribution in [1.82, 2.24) is 4.72 Å². The predicted molar refractivity (Wildman–Crippen MR) is 61.7 cm³/mol. The molecule has 0 aliphatic carbocycles. The van der Waals surface area contributed by atoms with E-state index in [0.717, 1.165) is 30.1 Å². The first kappa shape index (κ1) is 12.5. The van der Waals surface area contributed by atoms with Crippen LogP contribution in [0, 0.1) is 0 Å². The Balaban J connectivity index is 2.15. The maximum absolute atomic E-state index is 11.8. The topological polar surface area (TPSA) is 96.6 Å². The summed E-state index contributed by atoms with van der Waals surface area (Å²) in [5, 5.41) is 8.28. The molecule has 0 bridgehead atoms. The fraction of sp³-hybridized carbons (Fsp3) is 0.444. The molecule has 94 valence electrons. The maximum Gasteiger partial charge on any atom is 0.371 e. The zero-order valence-electron chi connectivity index (χ0n) is 8.75. The van der Waals surface area contributed by atoms with Gasteiger partial charge in [0.15, 0.2) is 0 Å². The monoisotopic (exact) mass is 277 g/mol. The highest BCUT2D eigenvalue weighted by atomic mass is 32.2. The minimum absolute atomic E-state index is 0.108. The lowest BCUT2D eigenvalue weighted by molar-refractivity contribution is 0.0656. The van der Waals surface area contributed by atoms with Crippen molar-refractivity contribution in [3.05, 3.63) is 17.9 Å². The smallest absolute Gasteiger partial charge is 0.371 e. The molecule has 0 saturated carbocycles. The molecule has 17 heavy (non-hydrogen) atoms. The molecule has 0 aromatic carbocycles. The van der Waals surface area contributed by atoms with Crippen molar-refractivity contribution in [1.29, 1.82) is 0 Å². The fourth-order valence-corrected chi connectivity index (χ4v) is 3.95. The van der Waals surface area contributed by atoms with Crippen LogP contribution < -0.4 is 4.72 Å². The van der Waals surface area contributed by atoms with E-state index in [1.807, 2.05) is 0 Å². The lowest BCUT2D eigenvalue weighted by Crippen LogP contribution is -2.34. The molecular formula is C9H11NO5S2. The maximum atomic E-state index is 11.8. The van der Waals surface area contributed by atoms with Gasteiger partial charge >= 0.3 is 5.97 Å². The molecule has 2 heterocycles. The molecule has 1 aliphatic rings. The van der Waals surface area contributed by atoms with E-state index >= 15 is 0 Å². The number of carbonyl (C=O) groups is 1. The lowest BCUT2D eigenvalue weighted by atomic mass is 10.3. The van der Waals surface area contributed by atoms with E-state index in [1.165, 1.54) is 0 Å². The fourth-order valence-electron chi connectivity index (χ4n) is 1.48. The van der Waals surface area contributed by atoms with Crippen molar-refractivity contribution in [3.63, 3.8) is 0 Å². The van der Waals surface area contributed by atoms with Gasteiger partial charge in [0.25, 0.3) is 10.0 Å². The van der Waals surface area contributed by atoms with Gasteiger partial charge in [0.1, 0.15) is 0 Å². The Morgan fingerprint density at radius 2 is 2.29 bits per heavy atom. The summed E-state index contributed by atoms with van der Waals surface area (Å²) in [6.07, 6.45) is 0.774. The number of hydrogen-bond donors (Lipinski definition) is 2. The second-order valence-electron chi connectivity index (χ2n) is 3.61. The number of carboxylic acids is 1. The van der Waals surface area contributed by atoms with Gasteiger partial charge in [-0.2, -0.15) is 11.8 Å². The van der Waals surface area contributed by atoms with Gasteiger partial charge in [0, 0.05) is 11.8 Å². The molecule has 1 aromatic heterocycles. The first-order valence-corrected chi connectivity index (χ1v) is 7.56. The van der Waals surface area contributed by atoms with Crippen LogP contribution in [0.5, 0.6) is 0 Å². The molecule has 2 rings (SSSR count). The zero-order chi connectivity index (χ0) is 12.5. The summed E-state index contributed by atoms with van der Waals surface area (Å²) in [6.45, 7) is 0. The molecule has 1 fully saturated rings.